The first-order chi connectivity index (χ1) is 8.41. The number of hydrogen-bond acceptors (Lipinski definition) is 5. The number of aromatic nitrogens is 2. The van der Waals surface area contributed by atoms with Crippen LogP contribution >= 0.6 is 0 Å². The van der Waals surface area contributed by atoms with Crippen LogP contribution in [0, 0.1) is 16.0 Å². The third kappa shape index (κ3) is 1.89. The summed E-state index contributed by atoms with van der Waals surface area (Å²) in [6, 6.07) is -0.751. The number of aliphatic carboxylic acids is 1. The van der Waals surface area contributed by atoms with Gasteiger partial charge in [0.2, 0.25) is 5.82 Å². The molecule has 0 aromatic carbocycles. The molecule has 0 amide bonds. The van der Waals surface area contributed by atoms with E-state index in [1.807, 2.05) is 6.92 Å². The van der Waals surface area contributed by atoms with Crippen molar-refractivity contribution in [1.29, 1.82) is 0 Å². The van der Waals surface area contributed by atoms with Gasteiger partial charge in [0.1, 0.15) is 12.2 Å². The van der Waals surface area contributed by atoms with Crippen LogP contribution in [0.5, 0.6) is 0 Å². The molecule has 1 aromatic heterocycles. The molecule has 2 heterocycles. The molecule has 0 spiro atoms. The number of carboxylic acid groups (broad SMARTS) is 1. The van der Waals surface area contributed by atoms with Gasteiger partial charge in [0.25, 0.3) is 0 Å². The van der Waals surface area contributed by atoms with Crippen molar-refractivity contribution in [3.63, 3.8) is 0 Å². The van der Waals surface area contributed by atoms with Crippen molar-refractivity contribution in [2.24, 2.45) is 13.0 Å². The van der Waals surface area contributed by atoms with E-state index in [4.69, 9.17) is 0 Å². The Morgan fingerprint density at radius 3 is 2.89 bits per heavy atom. The van der Waals surface area contributed by atoms with E-state index in [0.29, 0.717) is 13.0 Å². The van der Waals surface area contributed by atoms with Crippen molar-refractivity contribution in [3.05, 3.63) is 16.3 Å². The van der Waals surface area contributed by atoms with Gasteiger partial charge in [0.15, 0.2) is 0 Å². The van der Waals surface area contributed by atoms with E-state index < -0.39 is 16.9 Å². The third-order valence-electron chi connectivity index (χ3n) is 3.21. The summed E-state index contributed by atoms with van der Waals surface area (Å²) in [6.45, 7) is 2.30. The Balaban J connectivity index is 2.42. The minimum absolute atomic E-state index is 0.0517. The molecule has 0 radical (unpaired) electrons. The minimum atomic E-state index is -0.972. The highest BCUT2D eigenvalue weighted by molar-refractivity contribution is 5.80. The van der Waals surface area contributed by atoms with Crippen molar-refractivity contribution in [2.45, 2.75) is 19.4 Å². The zero-order chi connectivity index (χ0) is 13.4. The molecule has 1 aliphatic heterocycles. The van der Waals surface area contributed by atoms with Gasteiger partial charge in [-0.25, -0.2) is 4.79 Å². The SMILES string of the molecule is CC1CCN(c2nn(C)cc2[N+](=O)[O-])C1C(=O)O. The monoisotopic (exact) mass is 254 g/mol. The van der Waals surface area contributed by atoms with Gasteiger partial charge in [-0.15, -0.1) is 5.10 Å². The van der Waals surface area contributed by atoms with E-state index in [9.17, 15) is 20.0 Å². The molecule has 98 valence electrons. The molecule has 2 atom stereocenters. The van der Waals surface area contributed by atoms with E-state index in [0.717, 1.165) is 0 Å². The van der Waals surface area contributed by atoms with Crippen LogP contribution in [0.15, 0.2) is 6.20 Å². The third-order valence-corrected chi connectivity index (χ3v) is 3.21. The number of carbonyl (C=O) groups is 1. The van der Waals surface area contributed by atoms with Gasteiger partial charge in [-0.2, -0.15) is 0 Å². The topological polar surface area (TPSA) is 102 Å². The molecule has 1 N–H and O–H groups in total. The maximum absolute atomic E-state index is 11.2. The van der Waals surface area contributed by atoms with Crippen LogP contribution in [0.25, 0.3) is 0 Å². The summed E-state index contributed by atoms with van der Waals surface area (Å²) in [5.41, 5.74) is -0.155. The van der Waals surface area contributed by atoms with Gasteiger partial charge < -0.3 is 10.0 Å². The number of carboxylic acids is 1. The Bertz CT molecular complexity index is 498. The van der Waals surface area contributed by atoms with E-state index in [1.54, 1.807) is 7.05 Å². The molecule has 8 heteroatoms. The van der Waals surface area contributed by atoms with Crippen LogP contribution in [0.3, 0.4) is 0 Å². The van der Waals surface area contributed by atoms with Crippen LogP contribution in [0.2, 0.25) is 0 Å². The zero-order valence-corrected chi connectivity index (χ0v) is 10.1. The normalized spacial score (nSPS) is 23.3. The summed E-state index contributed by atoms with van der Waals surface area (Å²) in [7, 11) is 1.58. The second kappa shape index (κ2) is 4.28. The summed E-state index contributed by atoms with van der Waals surface area (Å²) in [6.07, 6.45) is 1.97. The number of nitrogens with zero attached hydrogens (tertiary/aromatic N) is 4. The minimum Gasteiger partial charge on any atom is -0.480 e. The van der Waals surface area contributed by atoms with E-state index in [1.165, 1.54) is 15.8 Å². The van der Waals surface area contributed by atoms with Gasteiger partial charge in [-0.1, -0.05) is 6.92 Å². The molecule has 2 rings (SSSR count). The molecule has 0 bridgehead atoms. The average molecular weight is 254 g/mol. The molecular weight excluding hydrogens is 240 g/mol. The molecule has 1 aliphatic rings. The van der Waals surface area contributed by atoms with Crippen LogP contribution in [0.1, 0.15) is 13.3 Å². The van der Waals surface area contributed by atoms with Crippen molar-refractivity contribution >= 4 is 17.5 Å². The first-order valence-corrected chi connectivity index (χ1v) is 5.59. The maximum Gasteiger partial charge on any atom is 0.330 e. The van der Waals surface area contributed by atoms with Gasteiger partial charge in [-0.3, -0.25) is 14.8 Å². The lowest BCUT2D eigenvalue weighted by Crippen LogP contribution is -2.39. The van der Waals surface area contributed by atoms with Gasteiger partial charge in [0.05, 0.1) is 4.92 Å². The highest BCUT2D eigenvalue weighted by Crippen LogP contribution is 2.34. The molecule has 1 fully saturated rings. The number of hydrogen-bond donors (Lipinski definition) is 1. The number of nitro groups is 1. The lowest BCUT2D eigenvalue weighted by molar-refractivity contribution is -0.384. The zero-order valence-electron chi connectivity index (χ0n) is 10.1. The first kappa shape index (κ1) is 12.3. The van der Waals surface area contributed by atoms with E-state index in [-0.39, 0.29) is 17.4 Å². The molecule has 8 nitrogen and oxygen atoms in total. The number of aryl methyl sites for hydroxylation is 1. The largest absolute Gasteiger partial charge is 0.480 e. The van der Waals surface area contributed by atoms with Gasteiger partial charge >= 0.3 is 11.7 Å². The Morgan fingerprint density at radius 2 is 2.33 bits per heavy atom. The highest BCUT2D eigenvalue weighted by atomic mass is 16.6. The van der Waals surface area contributed by atoms with Gasteiger partial charge in [0, 0.05) is 13.6 Å². The molecule has 0 aliphatic carbocycles. The molecule has 1 saturated heterocycles. The second-order valence-corrected chi connectivity index (χ2v) is 4.51. The second-order valence-electron chi connectivity index (χ2n) is 4.51. The molecule has 2 unspecified atom stereocenters. The fraction of sp³-hybridized carbons (Fsp3) is 0.600. The van der Waals surface area contributed by atoms with Crippen LogP contribution < -0.4 is 4.90 Å². The van der Waals surface area contributed by atoms with Crippen molar-refractivity contribution in [2.75, 3.05) is 11.4 Å². The lowest BCUT2D eigenvalue weighted by atomic mass is 10.0. The first-order valence-electron chi connectivity index (χ1n) is 5.59. The standard InChI is InChI=1S/C10H14N4O4/c1-6-3-4-13(8(6)10(15)16)9-7(14(17)18)5-12(2)11-9/h5-6,8H,3-4H2,1-2H3,(H,15,16). The summed E-state index contributed by atoms with van der Waals surface area (Å²) in [5.74, 6) is -0.886. The maximum atomic E-state index is 11.2. The van der Waals surface area contributed by atoms with Crippen molar-refractivity contribution in [3.8, 4) is 0 Å². The fourth-order valence-corrected chi connectivity index (χ4v) is 2.36. The van der Waals surface area contributed by atoms with Gasteiger partial charge in [-0.05, 0) is 12.3 Å². The molecule has 18 heavy (non-hydrogen) atoms. The summed E-state index contributed by atoms with van der Waals surface area (Å²) in [4.78, 5) is 23.1. The highest BCUT2D eigenvalue weighted by Gasteiger charge is 2.40. The van der Waals surface area contributed by atoms with Crippen molar-refractivity contribution in [1.82, 2.24) is 9.78 Å². The number of anilines is 1. The quantitative estimate of drug-likeness (QED) is 0.627. The Labute approximate surface area is 103 Å². The Morgan fingerprint density at radius 1 is 1.67 bits per heavy atom. The Hall–Kier alpha value is -2.12. The fourth-order valence-electron chi connectivity index (χ4n) is 2.36. The smallest absolute Gasteiger partial charge is 0.330 e. The molecular formula is C10H14N4O4. The molecule has 0 saturated carbocycles. The van der Waals surface area contributed by atoms with E-state index >= 15 is 0 Å². The predicted octanol–water partition coefficient (Wildman–Crippen LogP) is 0.628. The van der Waals surface area contributed by atoms with Crippen LogP contribution in [-0.2, 0) is 11.8 Å². The summed E-state index contributed by atoms with van der Waals surface area (Å²) >= 11 is 0. The summed E-state index contributed by atoms with van der Waals surface area (Å²) < 4.78 is 1.33. The van der Waals surface area contributed by atoms with Crippen molar-refractivity contribution < 1.29 is 14.8 Å². The summed E-state index contributed by atoms with van der Waals surface area (Å²) in [5, 5.41) is 24.2. The number of rotatable bonds is 3. The van der Waals surface area contributed by atoms with E-state index in [2.05, 4.69) is 5.10 Å². The van der Waals surface area contributed by atoms with Crippen LogP contribution in [0.4, 0.5) is 11.5 Å². The molecule has 1 aromatic rings. The van der Waals surface area contributed by atoms with Crippen LogP contribution in [-0.4, -0.2) is 38.4 Å². The Kier molecular flexibility index (Phi) is 2.93. The lowest BCUT2D eigenvalue weighted by Gasteiger charge is -2.22. The predicted molar refractivity (Wildman–Crippen MR) is 62.4 cm³/mol. The average Bonchev–Trinajstić information content (AvgIpc) is 2.81.